The Labute approximate surface area is 112 Å². The van der Waals surface area contributed by atoms with Gasteiger partial charge in [-0.2, -0.15) is 0 Å². The van der Waals surface area contributed by atoms with Gasteiger partial charge in [-0.1, -0.05) is 34.2 Å². The van der Waals surface area contributed by atoms with E-state index in [-0.39, 0.29) is 5.97 Å². The number of alkyl halides is 1. The maximum atomic E-state index is 11.7. The molecular weight excluding hydrogens is 280 g/mol. The molecule has 0 spiro atoms. The number of carbonyl (C=O) groups excluding carboxylic acids is 1. The minimum atomic E-state index is -0.543. The van der Waals surface area contributed by atoms with E-state index in [0.717, 1.165) is 23.7 Å². The van der Waals surface area contributed by atoms with Gasteiger partial charge < -0.3 is 4.74 Å². The van der Waals surface area contributed by atoms with Crippen molar-refractivity contribution in [2.24, 2.45) is 11.3 Å². The molecule has 0 bridgehead atoms. The molecule has 0 amide bonds. The van der Waals surface area contributed by atoms with Crippen molar-refractivity contribution >= 4 is 21.9 Å². The molecule has 2 nitrogen and oxygen atoms in total. The topological polar surface area (TPSA) is 26.3 Å². The largest absolute Gasteiger partial charge is 0.468 e. The summed E-state index contributed by atoms with van der Waals surface area (Å²) in [6.07, 6.45) is 9.87. The van der Waals surface area contributed by atoms with E-state index in [9.17, 15) is 4.79 Å². The van der Waals surface area contributed by atoms with Crippen molar-refractivity contribution in [3.63, 3.8) is 0 Å². The van der Waals surface area contributed by atoms with Crippen LogP contribution in [0.25, 0.3) is 0 Å². The van der Waals surface area contributed by atoms with Crippen LogP contribution < -0.4 is 0 Å². The molecule has 0 fully saturated rings. The average molecular weight is 301 g/mol. The number of methoxy groups -OCH3 is 1. The third kappa shape index (κ3) is 3.70. The lowest BCUT2D eigenvalue weighted by Crippen LogP contribution is -2.28. The smallest absolute Gasteiger partial charge is 0.315 e. The highest BCUT2D eigenvalue weighted by Gasteiger charge is 2.33. The van der Waals surface area contributed by atoms with E-state index in [2.05, 4.69) is 34.2 Å². The van der Waals surface area contributed by atoms with Crippen LogP contribution in [0.2, 0.25) is 0 Å². The highest BCUT2D eigenvalue weighted by molar-refractivity contribution is 9.09. The lowest BCUT2D eigenvalue weighted by molar-refractivity contribution is -0.148. The van der Waals surface area contributed by atoms with Gasteiger partial charge in [-0.15, -0.1) is 0 Å². The number of carbonyl (C=O) groups is 1. The molecule has 3 heteroatoms. The van der Waals surface area contributed by atoms with Crippen molar-refractivity contribution in [1.82, 2.24) is 0 Å². The normalized spacial score (nSPS) is 20.0. The molecule has 17 heavy (non-hydrogen) atoms. The lowest BCUT2D eigenvalue weighted by atomic mass is 9.78. The molecule has 0 radical (unpaired) electrons. The van der Waals surface area contributed by atoms with E-state index in [0.29, 0.717) is 5.92 Å². The van der Waals surface area contributed by atoms with Gasteiger partial charge in [0.1, 0.15) is 0 Å². The molecule has 1 unspecified atom stereocenters. The minimum absolute atomic E-state index is 0.172. The summed E-state index contributed by atoms with van der Waals surface area (Å²) in [4.78, 5) is 11.7. The van der Waals surface area contributed by atoms with E-state index in [1.54, 1.807) is 0 Å². The van der Waals surface area contributed by atoms with Crippen molar-refractivity contribution in [2.75, 3.05) is 12.4 Å². The van der Waals surface area contributed by atoms with Crippen molar-refractivity contribution in [3.05, 3.63) is 23.8 Å². The molecule has 0 saturated heterocycles. The Hall–Kier alpha value is -0.570. The molecule has 1 aliphatic carbocycles. The maximum Gasteiger partial charge on any atom is 0.315 e. The standard InChI is InChI=1S/C14H21BrO2/c1-14(2,13(16)17-3)12-8-4-6-11(10-12)7-5-9-15/h4,8,10-11H,5-7,9H2,1-3H3. The molecule has 0 saturated carbocycles. The second-order valence-corrected chi connectivity index (χ2v) is 5.76. The van der Waals surface area contributed by atoms with Crippen LogP contribution in [0.5, 0.6) is 0 Å². The quantitative estimate of drug-likeness (QED) is 0.569. The van der Waals surface area contributed by atoms with Crippen LogP contribution in [0.4, 0.5) is 0 Å². The zero-order valence-corrected chi connectivity index (χ0v) is 12.4. The Kier molecular flexibility index (Phi) is 5.44. The summed E-state index contributed by atoms with van der Waals surface area (Å²) in [7, 11) is 1.44. The summed E-state index contributed by atoms with van der Waals surface area (Å²) in [5.41, 5.74) is 0.536. The SMILES string of the molecule is COC(=O)C(C)(C)C1=CC(CCCBr)CC=C1. The van der Waals surface area contributed by atoms with Crippen LogP contribution in [-0.4, -0.2) is 18.4 Å². The Bertz CT molecular complexity index is 329. The second kappa shape index (κ2) is 6.39. The van der Waals surface area contributed by atoms with Gasteiger partial charge in [0.15, 0.2) is 0 Å². The molecule has 0 aromatic rings. The predicted molar refractivity (Wildman–Crippen MR) is 74.2 cm³/mol. The zero-order chi connectivity index (χ0) is 12.9. The summed E-state index contributed by atoms with van der Waals surface area (Å²) < 4.78 is 4.86. The van der Waals surface area contributed by atoms with E-state index in [4.69, 9.17) is 4.74 Å². The molecular formula is C14H21BrO2. The van der Waals surface area contributed by atoms with E-state index >= 15 is 0 Å². The molecule has 0 heterocycles. The fraction of sp³-hybridized carbons (Fsp3) is 0.643. The fourth-order valence-corrected chi connectivity index (χ4v) is 2.40. The van der Waals surface area contributed by atoms with E-state index in [1.807, 2.05) is 13.8 Å². The summed E-state index contributed by atoms with van der Waals surface area (Å²) in [5.74, 6) is 0.381. The van der Waals surface area contributed by atoms with Gasteiger partial charge in [0.25, 0.3) is 0 Å². The first-order valence-electron chi connectivity index (χ1n) is 6.05. The van der Waals surface area contributed by atoms with Gasteiger partial charge in [0.2, 0.25) is 0 Å². The van der Waals surface area contributed by atoms with Gasteiger partial charge in [-0.25, -0.2) is 0 Å². The number of halogens is 1. The number of hydrogen-bond donors (Lipinski definition) is 0. The highest BCUT2D eigenvalue weighted by Crippen LogP contribution is 2.34. The Morgan fingerprint density at radius 3 is 2.88 bits per heavy atom. The van der Waals surface area contributed by atoms with Crippen LogP contribution >= 0.6 is 15.9 Å². The molecule has 0 aromatic heterocycles. The van der Waals surface area contributed by atoms with Crippen LogP contribution in [0.15, 0.2) is 23.8 Å². The van der Waals surface area contributed by atoms with E-state index in [1.165, 1.54) is 13.5 Å². The monoisotopic (exact) mass is 300 g/mol. The molecule has 0 aliphatic heterocycles. The molecule has 96 valence electrons. The van der Waals surface area contributed by atoms with Gasteiger partial charge in [-0.05, 0) is 44.6 Å². The number of rotatable bonds is 5. The predicted octanol–water partition coefficient (Wildman–Crippen LogP) is 3.86. The van der Waals surface area contributed by atoms with Gasteiger partial charge in [-0.3, -0.25) is 4.79 Å². The average Bonchev–Trinajstić information content (AvgIpc) is 2.35. The van der Waals surface area contributed by atoms with Gasteiger partial charge in [0.05, 0.1) is 12.5 Å². The molecule has 0 aromatic carbocycles. The summed E-state index contributed by atoms with van der Waals surface area (Å²) in [5, 5.41) is 1.04. The first-order chi connectivity index (χ1) is 8.02. The maximum absolute atomic E-state index is 11.7. The first kappa shape index (κ1) is 14.5. The Balaban J connectivity index is 2.78. The third-order valence-electron chi connectivity index (χ3n) is 3.28. The Morgan fingerprint density at radius 2 is 2.29 bits per heavy atom. The number of hydrogen-bond acceptors (Lipinski definition) is 2. The van der Waals surface area contributed by atoms with Crippen LogP contribution in [0, 0.1) is 11.3 Å². The highest BCUT2D eigenvalue weighted by atomic mass is 79.9. The van der Waals surface area contributed by atoms with E-state index < -0.39 is 5.41 Å². The zero-order valence-electron chi connectivity index (χ0n) is 10.8. The first-order valence-corrected chi connectivity index (χ1v) is 7.17. The molecule has 1 aliphatic rings. The molecule has 1 atom stereocenters. The second-order valence-electron chi connectivity index (χ2n) is 4.97. The van der Waals surface area contributed by atoms with Crippen LogP contribution in [0.3, 0.4) is 0 Å². The lowest BCUT2D eigenvalue weighted by Gasteiger charge is -2.27. The summed E-state index contributed by atoms with van der Waals surface area (Å²) in [6.45, 7) is 3.84. The third-order valence-corrected chi connectivity index (χ3v) is 3.84. The van der Waals surface area contributed by atoms with Crippen molar-refractivity contribution in [1.29, 1.82) is 0 Å². The van der Waals surface area contributed by atoms with Crippen molar-refractivity contribution < 1.29 is 9.53 Å². The van der Waals surface area contributed by atoms with Crippen molar-refractivity contribution in [2.45, 2.75) is 33.1 Å². The number of esters is 1. The number of ether oxygens (including phenoxy) is 1. The van der Waals surface area contributed by atoms with Gasteiger partial charge in [0, 0.05) is 5.33 Å². The van der Waals surface area contributed by atoms with Crippen molar-refractivity contribution in [3.8, 4) is 0 Å². The fourth-order valence-electron chi connectivity index (χ4n) is 2.08. The van der Waals surface area contributed by atoms with Gasteiger partial charge >= 0.3 is 5.97 Å². The Morgan fingerprint density at radius 1 is 1.59 bits per heavy atom. The molecule has 0 N–H and O–H groups in total. The van der Waals surface area contributed by atoms with Crippen LogP contribution in [-0.2, 0) is 9.53 Å². The number of allylic oxidation sites excluding steroid dienone is 3. The summed E-state index contributed by atoms with van der Waals surface area (Å²) >= 11 is 3.45. The minimum Gasteiger partial charge on any atom is -0.468 e. The summed E-state index contributed by atoms with van der Waals surface area (Å²) in [6, 6.07) is 0. The van der Waals surface area contributed by atoms with Crippen LogP contribution in [0.1, 0.15) is 33.1 Å². The molecule has 1 rings (SSSR count).